The maximum Gasteiger partial charge on any atom is 0.255 e. The standard InChI is InChI=1S/C16H14ClNO2/c1-11-10-14(12(2)20-11)16(19)18-9-5-7-13-6-3-4-8-15(13)17/h3-4,6,8,10H,9H2,1-2H3,(H,18,19). The second kappa shape index (κ2) is 6.31. The van der Waals surface area contributed by atoms with Crippen LogP contribution in [0, 0.1) is 25.7 Å². The number of carbonyl (C=O) groups is 1. The van der Waals surface area contributed by atoms with Crippen LogP contribution in [0.5, 0.6) is 0 Å². The molecule has 0 aliphatic carbocycles. The number of rotatable bonds is 2. The van der Waals surface area contributed by atoms with E-state index in [0.717, 1.165) is 11.3 Å². The molecule has 1 heterocycles. The number of nitrogens with one attached hydrogen (secondary N) is 1. The highest BCUT2D eigenvalue weighted by Crippen LogP contribution is 2.14. The lowest BCUT2D eigenvalue weighted by atomic mass is 10.2. The van der Waals surface area contributed by atoms with Crippen molar-refractivity contribution in [1.29, 1.82) is 0 Å². The molecule has 1 amide bonds. The lowest BCUT2D eigenvalue weighted by molar-refractivity contribution is 0.0957. The summed E-state index contributed by atoms with van der Waals surface area (Å²) >= 11 is 5.98. The quantitative estimate of drug-likeness (QED) is 0.861. The molecule has 0 saturated carbocycles. The van der Waals surface area contributed by atoms with Crippen LogP contribution in [0.25, 0.3) is 0 Å². The Balaban J connectivity index is 1.96. The van der Waals surface area contributed by atoms with Crippen molar-refractivity contribution < 1.29 is 9.21 Å². The highest BCUT2D eigenvalue weighted by Gasteiger charge is 2.11. The Labute approximate surface area is 122 Å². The van der Waals surface area contributed by atoms with Crippen molar-refractivity contribution in [2.75, 3.05) is 6.54 Å². The molecule has 102 valence electrons. The van der Waals surface area contributed by atoms with Gasteiger partial charge in [-0.05, 0) is 32.0 Å². The first-order chi connectivity index (χ1) is 9.58. The van der Waals surface area contributed by atoms with Gasteiger partial charge in [0.2, 0.25) is 0 Å². The number of halogens is 1. The maximum absolute atomic E-state index is 11.9. The van der Waals surface area contributed by atoms with Gasteiger partial charge in [0.1, 0.15) is 11.5 Å². The molecule has 0 saturated heterocycles. The van der Waals surface area contributed by atoms with Crippen molar-refractivity contribution >= 4 is 17.5 Å². The third-order valence-electron chi connectivity index (χ3n) is 2.72. The third-order valence-corrected chi connectivity index (χ3v) is 3.05. The van der Waals surface area contributed by atoms with Crippen LogP contribution in [0.4, 0.5) is 0 Å². The lowest BCUT2D eigenvalue weighted by Gasteiger charge is -1.98. The normalized spacial score (nSPS) is 9.75. The largest absolute Gasteiger partial charge is 0.466 e. The van der Waals surface area contributed by atoms with E-state index in [2.05, 4.69) is 17.2 Å². The first-order valence-electron chi connectivity index (χ1n) is 6.16. The van der Waals surface area contributed by atoms with E-state index in [0.29, 0.717) is 16.3 Å². The van der Waals surface area contributed by atoms with Crippen LogP contribution in [-0.2, 0) is 0 Å². The molecule has 0 unspecified atom stereocenters. The number of benzene rings is 1. The van der Waals surface area contributed by atoms with E-state index in [1.165, 1.54) is 0 Å². The van der Waals surface area contributed by atoms with Gasteiger partial charge in [-0.25, -0.2) is 0 Å². The summed E-state index contributed by atoms with van der Waals surface area (Å²) in [6.07, 6.45) is 0. The van der Waals surface area contributed by atoms with Gasteiger partial charge in [0, 0.05) is 5.56 Å². The van der Waals surface area contributed by atoms with Crippen molar-refractivity contribution in [3.63, 3.8) is 0 Å². The molecule has 1 N–H and O–H groups in total. The number of carbonyl (C=O) groups excluding carboxylic acids is 1. The van der Waals surface area contributed by atoms with Gasteiger partial charge < -0.3 is 9.73 Å². The summed E-state index contributed by atoms with van der Waals surface area (Å²) in [5.74, 6) is 6.93. The highest BCUT2D eigenvalue weighted by atomic mass is 35.5. The highest BCUT2D eigenvalue weighted by molar-refractivity contribution is 6.31. The third kappa shape index (κ3) is 3.43. The zero-order valence-electron chi connectivity index (χ0n) is 11.3. The Hall–Kier alpha value is -2.18. The predicted molar refractivity (Wildman–Crippen MR) is 78.8 cm³/mol. The van der Waals surface area contributed by atoms with Crippen LogP contribution < -0.4 is 5.32 Å². The monoisotopic (exact) mass is 287 g/mol. The first kappa shape index (κ1) is 14.2. The molecule has 0 bridgehead atoms. The van der Waals surface area contributed by atoms with Crippen LogP contribution in [-0.4, -0.2) is 12.5 Å². The number of furan rings is 1. The molecule has 0 atom stereocenters. The van der Waals surface area contributed by atoms with Crippen LogP contribution >= 0.6 is 11.6 Å². The lowest BCUT2D eigenvalue weighted by Crippen LogP contribution is -2.23. The number of hydrogen-bond acceptors (Lipinski definition) is 2. The second-order valence-corrected chi connectivity index (χ2v) is 4.70. The average Bonchev–Trinajstić information content (AvgIpc) is 2.75. The first-order valence-corrected chi connectivity index (χ1v) is 6.54. The van der Waals surface area contributed by atoms with Crippen LogP contribution in [0.1, 0.15) is 27.4 Å². The van der Waals surface area contributed by atoms with Crippen LogP contribution in [0.3, 0.4) is 0 Å². The molecule has 2 rings (SSSR count). The fraction of sp³-hybridized carbons (Fsp3) is 0.188. The second-order valence-electron chi connectivity index (χ2n) is 4.29. The fourth-order valence-electron chi connectivity index (χ4n) is 1.78. The van der Waals surface area contributed by atoms with Crippen molar-refractivity contribution in [1.82, 2.24) is 5.32 Å². The fourth-order valence-corrected chi connectivity index (χ4v) is 1.96. The Morgan fingerprint density at radius 3 is 2.75 bits per heavy atom. The van der Waals surface area contributed by atoms with Gasteiger partial charge in [0.15, 0.2) is 0 Å². The molecule has 1 aromatic heterocycles. The van der Waals surface area contributed by atoms with Crippen molar-refractivity contribution in [3.8, 4) is 11.8 Å². The molecule has 20 heavy (non-hydrogen) atoms. The van der Waals surface area contributed by atoms with E-state index in [1.54, 1.807) is 26.0 Å². The van der Waals surface area contributed by atoms with Crippen molar-refractivity contribution in [3.05, 3.63) is 58.0 Å². The molecular formula is C16H14ClNO2. The molecule has 1 aromatic carbocycles. The SMILES string of the molecule is Cc1cc(C(=O)NCC#Cc2ccccc2Cl)c(C)o1. The van der Waals surface area contributed by atoms with E-state index in [1.807, 2.05) is 18.2 Å². The number of aryl methyl sites for hydroxylation is 2. The Morgan fingerprint density at radius 2 is 2.10 bits per heavy atom. The van der Waals surface area contributed by atoms with Crippen molar-refractivity contribution in [2.45, 2.75) is 13.8 Å². The minimum absolute atomic E-state index is 0.187. The number of hydrogen-bond donors (Lipinski definition) is 1. The average molecular weight is 288 g/mol. The van der Waals surface area contributed by atoms with Gasteiger partial charge in [0.25, 0.3) is 5.91 Å². The zero-order chi connectivity index (χ0) is 14.5. The zero-order valence-corrected chi connectivity index (χ0v) is 12.0. The molecule has 0 spiro atoms. The van der Waals surface area contributed by atoms with Crippen LogP contribution in [0.2, 0.25) is 5.02 Å². The molecule has 0 aliphatic rings. The molecular weight excluding hydrogens is 274 g/mol. The number of amides is 1. The molecule has 0 aliphatic heterocycles. The maximum atomic E-state index is 11.9. The Kier molecular flexibility index (Phi) is 4.49. The van der Waals surface area contributed by atoms with Crippen LogP contribution in [0.15, 0.2) is 34.7 Å². The van der Waals surface area contributed by atoms with E-state index in [-0.39, 0.29) is 12.5 Å². The van der Waals surface area contributed by atoms with E-state index >= 15 is 0 Å². The molecule has 0 fully saturated rings. The van der Waals surface area contributed by atoms with Gasteiger partial charge in [-0.2, -0.15) is 0 Å². The van der Waals surface area contributed by atoms with Gasteiger partial charge >= 0.3 is 0 Å². The van der Waals surface area contributed by atoms with E-state index in [4.69, 9.17) is 16.0 Å². The predicted octanol–water partition coefficient (Wildman–Crippen LogP) is 3.33. The molecule has 2 aromatic rings. The van der Waals surface area contributed by atoms with Gasteiger partial charge in [-0.1, -0.05) is 35.6 Å². The molecule has 0 radical (unpaired) electrons. The summed E-state index contributed by atoms with van der Waals surface area (Å²) in [7, 11) is 0. The van der Waals surface area contributed by atoms with E-state index in [9.17, 15) is 4.79 Å². The molecule has 3 nitrogen and oxygen atoms in total. The summed E-state index contributed by atoms with van der Waals surface area (Å²) in [6.45, 7) is 3.83. The minimum Gasteiger partial charge on any atom is -0.466 e. The van der Waals surface area contributed by atoms with Gasteiger partial charge in [-0.3, -0.25) is 4.79 Å². The Bertz CT molecular complexity index is 692. The Morgan fingerprint density at radius 1 is 1.35 bits per heavy atom. The summed E-state index contributed by atoms with van der Waals surface area (Å²) in [6, 6.07) is 9.04. The summed E-state index contributed by atoms with van der Waals surface area (Å²) in [5, 5.41) is 3.33. The summed E-state index contributed by atoms with van der Waals surface area (Å²) in [4.78, 5) is 11.9. The van der Waals surface area contributed by atoms with Gasteiger partial charge in [-0.15, -0.1) is 0 Å². The summed E-state index contributed by atoms with van der Waals surface area (Å²) < 4.78 is 5.31. The smallest absolute Gasteiger partial charge is 0.255 e. The minimum atomic E-state index is -0.187. The van der Waals surface area contributed by atoms with E-state index < -0.39 is 0 Å². The summed E-state index contributed by atoms with van der Waals surface area (Å²) in [5.41, 5.74) is 1.29. The van der Waals surface area contributed by atoms with Gasteiger partial charge in [0.05, 0.1) is 17.1 Å². The molecule has 4 heteroatoms. The van der Waals surface area contributed by atoms with Crippen molar-refractivity contribution in [2.24, 2.45) is 0 Å². The topological polar surface area (TPSA) is 42.2 Å².